The van der Waals surface area contributed by atoms with Crippen molar-refractivity contribution in [3.63, 3.8) is 0 Å². The third-order valence-electron chi connectivity index (χ3n) is 3.09. The van der Waals surface area contributed by atoms with E-state index in [1.165, 1.54) is 28.7 Å². The molecule has 0 fully saturated rings. The Morgan fingerprint density at radius 3 is 2.78 bits per heavy atom. The van der Waals surface area contributed by atoms with Gasteiger partial charge in [-0.2, -0.15) is 0 Å². The van der Waals surface area contributed by atoms with E-state index in [1.807, 2.05) is 19.1 Å². The lowest BCUT2D eigenvalue weighted by Crippen LogP contribution is -2.30. The van der Waals surface area contributed by atoms with Crippen molar-refractivity contribution in [1.29, 1.82) is 0 Å². The second-order valence-corrected chi connectivity index (χ2v) is 7.41. The van der Waals surface area contributed by atoms with Gasteiger partial charge in [-0.1, -0.05) is 48.2 Å². The molecule has 0 unspecified atom stereocenters. The van der Waals surface area contributed by atoms with E-state index in [9.17, 15) is 4.79 Å². The number of hydrogen-bond acceptors (Lipinski definition) is 6. The van der Waals surface area contributed by atoms with Crippen LogP contribution in [0.15, 0.2) is 41.3 Å². The second-order valence-electron chi connectivity index (χ2n) is 4.84. The van der Waals surface area contributed by atoms with Gasteiger partial charge >= 0.3 is 0 Å². The van der Waals surface area contributed by atoms with Crippen LogP contribution in [0.5, 0.6) is 0 Å². The van der Waals surface area contributed by atoms with Gasteiger partial charge in [0.1, 0.15) is 0 Å². The van der Waals surface area contributed by atoms with E-state index >= 15 is 0 Å². The Bertz CT molecular complexity index is 654. The predicted molar refractivity (Wildman–Crippen MR) is 97.5 cm³/mol. The van der Waals surface area contributed by atoms with Gasteiger partial charge in [0.2, 0.25) is 11.0 Å². The summed E-state index contributed by atoms with van der Waals surface area (Å²) in [7, 11) is 0. The average Bonchev–Trinajstić information content (AvgIpc) is 3.00. The number of carbonyl (C=O) groups excluding carboxylic acids is 1. The maximum atomic E-state index is 11.8. The van der Waals surface area contributed by atoms with Crippen LogP contribution in [-0.4, -0.2) is 27.9 Å². The summed E-state index contributed by atoms with van der Waals surface area (Å²) < 4.78 is 0.763. The van der Waals surface area contributed by atoms with E-state index in [-0.39, 0.29) is 11.2 Å². The third-order valence-corrected chi connectivity index (χ3v) is 5.11. The number of rotatable bonds is 8. The maximum Gasteiger partial charge on any atom is 0.233 e. The van der Waals surface area contributed by atoms with Crippen LogP contribution in [0.25, 0.3) is 0 Å². The molecular weight excluding hydrogens is 328 g/mol. The molecule has 0 bridgehead atoms. The first kappa shape index (κ1) is 17.5. The molecule has 5 nitrogen and oxygen atoms in total. The van der Waals surface area contributed by atoms with Crippen molar-refractivity contribution in [3.05, 3.63) is 42.5 Å². The Kier molecular flexibility index (Phi) is 6.61. The summed E-state index contributed by atoms with van der Waals surface area (Å²) in [4.78, 5) is 11.8. The van der Waals surface area contributed by atoms with Crippen molar-refractivity contribution < 1.29 is 4.79 Å². The lowest BCUT2D eigenvalue weighted by Gasteiger charge is -2.08. The molecule has 0 aliphatic rings. The molecule has 1 heterocycles. The maximum absolute atomic E-state index is 11.8. The molecule has 0 spiro atoms. The van der Waals surface area contributed by atoms with Crippen molar-refractivity contribution in [2.45, 2.75) is 29.9 Å². The Labute approximate surface area is 144 Å². The number of aromatic nitrogens is 2. The second kappa shape index (κ2) is 8.69. The Morgan fingerprint density at radius 2 is 2.13 bits per heavy atom. The largest absolute Gasteiger partial charge is 0.352 e. The molecule has 2 aromatic rings. The van der Waals surface area contributed by atoms with E-state index in [1.54, 1.807) is 6.08 Å². The van der Waals surface area contributed by atoms with Crippen LogP contribution in [0.4, 0.5) is 10.8 Å². The number of anilines is 2. The molecule has 1 atom stereocenters. The van der Waals surface area contributed by atoms with E-state index < -0.39 is 0 Å². The number of thioether (sulfide) groups is 1. The zero-order valence-electron chi connectivity index (χ0n) is 13.2. The average molecular weight is 348 g/mol. The van der Waals surface area contributed by atoms with E-state index in [0.29, 0.717) is 6.54 Å². The highest BCUT2D eigenvalue weighted by Crippen LogP contribution is 2.30. The molecular formula is C16H20N4OS2. The molecule has 0 saturated carbocycles. The van der Waals surface area contributed by atoms with Gasteiger partial charge in [-0.05, 0) is 31.0 Å². The van der Waals surface area contributed by atoms with E-state index in [0.717, 1.165) is 21.6 Å². The lowest BCUT2D eigenvalue weighted by molar-refractivity contribution is -0.120. The van der Waals surface area contributed by atoms with Gasteiger partial charge in [-0.25, -0.2) is 0 Å². The highest BCUT2D eigenvalue weighted by molar-refractivity contribution is 8.02. The van der Waals surface area contributed by atoms with E-state index in [2.05, 4.69) is 46.5 Å². The third kappa shape index (κ3) is 5.37. The van der Waals surface area contributed by atoms with E-state index in [4.69, 9.17) is 0 Å². The molecule has 2 rings (SSSR count). The van der Waals surface area contributed by atoms with Crippen LogP contribution >= 0.6 is 23.1 Å². The van der Waals surface area contributed by atoms with Gasteiger partial charge in [0.25, 0.3) is 0 Å². The van der Waals surface area contributed by atoms with Crippen LogP contribution in [-0.2, 0) is 11.2 Å². The van der Waals surface area contributed by atoms with Gasteiger partial charge in [0.05, 0.1) is 5.25 Å². The molecule has 0 aliphatic heterocycles. The molecule has 0 aliphatic carbocycles. The number of carbonyl (C=O) groups is 1. The fraction of sp³-hybridized carbons (Fsp3) is 0.312. The summed E-state index contributed by atoms with van der Waals surface area (Å²) in [6, 6.07) is 8.23. The Balaban J connectivity index is 1.91. The summed E-state index contributed by atoms with van der Waals surface area (Å²) in [6.07, 6.45) is 2.68. The SMILES string of the molecule is C=CCNC(=O)[C@H](C)Sc1nnc(Nc2ccc(CC)cc2)s1. The zero-order valence-corrected chi connectivity index (χ0v) is 14.8. The van der Waals surface area contributed by atoms with Crippen molar-refractivity contribution in [1.82, 2.24) is 15.5 Å². The number of nitrogens with one attached hydrogen (secondary N) is 2. The topological polar surface area (TPSA) is 66.9 Å². The lowest BCUT2D eigenvalue weighted by atomic mass is 10.1. The van der Waals surface area contributed by atoms with Crippen LogP contribution in [0.1, 0.15) is 19.4 Å². The molecule has 1 amide bonds. The predicted octanol–water partition coefficient (Wildman–Crippen LogP) is 3.63. The number of hydrogen-bond donors (Lipinski definition) is 2. The highest BCUT2D eigenvalue weighted by atomic mass is 32.2. The minimum absolute atomic E-state index is 0.0326. The van der Waals surface area contributed by atoms with Gasteiger partial charge in [-0.3, -0.25) is 4.79 Å². The van der Waals surface area contributed by atoms with Crippen LogP contribution in [0.2, 0.25) is 0 Å². The first-order valence-electron chi connectivity index (χ1n) is 7.37. The van der Waals surface area contributed by atoms with Crippen molar-refractivity contribution >= 4 is 39.8 Å². The van der Waals surface area contributed by atoms with Crippen molar-refractivity contribution in [2.24, 2.45) is 0 Å². The first-order chi connectivity index (χ1) is 11.1. The fourth-order valence-electron chi connectivity index (χ4n) is 1.78. The minimum Gasteiger partial charge on any atom is -0.352 e. The van der Waals surface area contributed by atoms with Crippen molar-refractivity contribution in [2.75, 3.05) is 11.9 Å². The highest BCUT2D eigenvalue weighted by Gasteiger charge is 2.16. The van der Waals surface area contributed by atoms with Gasteiger partial charge in [0.15, 0.2) is 4.34 Å². The Morgan fingerprint density at radius 1 is 1.39 bits per heavy atom. The minimum atomic E-state index is -0.223. The molecule has 122 valence electrons. The van der Waals surface area contributed by atoms with Gasteiger partial charge in [0, 0.05) is 12.2 Å². The summed E-state index contributed by atoms with van der Waals surface area (Å²) in [5.41, 5.74) is 2.27. The fourth-order valence-corrected chi connectivity index (χ4v) is 3.72. The van der Waals surface area contributed by atoms with Crippen LogP contribution in [0, 0.1) is 0 Å². The molecule has 23 heavy (non-hydrogen) atoms. The normalized spacial score (nSPS) is 11.7. The van der Waals surface area contributed by atoms with Crippen molar-refractivity contribution in [3.8, 4) is 0 Å². The number of aryl methyl sites for hydroxylation is 1. The first-order valence-corrected chi connectivity index (χ1v) is 9.06. The summed E-state index contributed by atoms with van der Waals surface area (Å²) in [6.45, 7) is 8.03. The quantitative estimate of drug-likeness (QED) is 0.563. The zero-order chi connectivity index (χ0) is 16.7. The molecule has 7 heteroatoms. The summed E-state index contributed by atoms with van der Waals surface area (Å²) >= 11 is 2.83. The molecule has 1 aromatic carbocycles. The molecule has 1 aromatic heterocycles. The standard InChI is InChI=1S/C16H20N4OS2/c1-4-10-17-14(21)11(3)22-16-20-19-15(23-16)18-13-8-6-12(5-2)7-9-13/h4,6-9,11H,1,5,10H2,2-3H3,(H,17,21)(H,18,19)/t11-/m0/s1. The van der Waals surface area contributed by atoms with Gasteiger partial charge < -0.3 is 10.6 Å². The van der Waals surface area contributed by atoms with Crippen LogP contribution in [0.3, 0.4) is 0 Å². The summed E-state index contributed by atoms with van der Waals surface area (Å²) in [5.74, 6) is -0.0326. The van der Waals surface area contributed by atoms with Gasteiger partial charge in [-0.15, -0.1) is 16.8 Å². The summed E-state index contributed by atoms with van der Waals surface area (Å²) in [5, 5.41) is 14.7. The monoisotopic (exact) mass is 348 g/mol. The Hall–Kier alpha value is -1.86. The number of nitrogens with zero attached hydrogens (tertiary/aromatic N) is 2. The smallest absolute Gasteiger partial charge is 0.233 e. The number of amides is 1. The van der Waals surface area contributed by atoms with Crippen LogP contribution < -0.4 is 10.6 Å². The number of benzene rings is 1. The molecule has 2 N–H and O–H groups in total. The molecule has 0 radical (unpaired) electrons. The molecule has 0 saturated heterocycles.